The van der Waals surface area contributed by atoms with Gasteiger partial charge < -0.3 is 20.7 Å². The van der Waals surface area contributed by atoms with Crippen LogP contribution in [0.2, 0.25) is 0 Å². The Bertz CT molecular complexity index is 598. The molecule has 29 heavy (non-hydrogen) atoms. The summed E-state index contributed by atoms with van der Waals surface area (Å²) in [5, 5.41) is 3.23. The summed E-state index contributed by atoms with van der Waals surface area (Å²) >= 11 is 0. The minimum absolute atomic E-state index is 0. The summed E-state index contributed by atoms with van der Waals surface area (Å²) in [6, 6.07) is 9.46. The molecule has 164 valence electrons. The maximum Gasteiger partial charge on any atom is 0.188 e. The third-order valence-electron chi connectivity index (χ3n) is 5.96. The number of guanidine groups is 1. The zero-order chi connectivity index (χ0) is 19.6. The molecule has 6 nitrogen and oxygen atoms in total. The lowest BCUT2D eigenvalue weighted by atomic mass is 9.94. The number of rotatable bonds is 8. The first-order chi connectivity index (χ1) is 13.7. The Balaban J connectivity index is 0.00000300. The molecule has 2 aliphatic rings. The highest BCUT2D eigenvalue weighted by Crippen LogP contribution is 2.26. The number of nitrogens with one attached hydrogen (secondary N) is 1. The monoisotopic (exact) mass is 515 g/mol. The maximum atomic E-state index is 6.01. The van der Waals surface area contributed by atoms with Gasteiger partial charge in [0.2, 0.25) is 0 Å². The van der Waals surface area contributed by atoms with E-state index < -0.39 is 0 Å². The molecule has 1 heterocycles. The van der Waals surface area contributed by atoms with Crippen LogP contribution in [-0.2, 0) is 11.3 Å². The van der Waals surface area contributed by atoms with Gasteiger partial charge in [-0.25, -0.2) is 4.99 Å². The van der Waals surface area contributed by atoms with Crippen LogP contribution >= 0.6 is 24.0 Å². The van der Waals surface area contributed by atoms with Crippen molar-refractivity contribution in [3.8, 4) is 0 Å². The van der Waals surface area contributed by atoms with Gasteiger partial charge in [0.25, 0.3) is 0 Å². The summed E-state index contributed by atoms with van der Waals surface area (Å²) in [4.78, 5) is 9.36. The third kappa shape index (κ3) is 8.30. The molecule has 0 spiro atoms. The number of hydrogen-bond donors (Lipinski definition) is 2. The molecule has 0 bridgehead atoms. The first-order valence-corrected chi connectivity index (χ1v) is 10.9. The number of halogens is 1. The van der Waals surface area contributed by atoms with E-state index in [0.29, 0.717) is 18.5 Å². The molecule has 0 atom stereocenters. The second kappa shape index (κ2) is 13.3. The number of aliphatic imine (C=N–C) groups is 1. The number of ether oxygens (including phenoxy) is 1. The minimum atomic E-state index is 0. The summed E-state index contributed by atoms with van der Waals surface area (Å²) < 4.78 is 5.37. The van der Waals surface area contributed by atoms with Crippen LogP contribution in [0, 0.1) is 0 Å². The second-order valence-electron chi connectivity index (χ2n) is 8.00. The first kappa shape index (κ1) is 24.2. The van der Waals surface area contributed by atoms with Crippen molar-refractivity contribution in [2.45, 2.75) is 51.1 Å². The molecular weight excluding hydrogens is 477 g/mol. The smallest absolute Gasteiger partial charge is 0.188 e. The fourth-order valence-electron chi connectivity index (χ4n) is 4.09. The molecular formula is C22H38IN5O. The average molecular weight is 515 g/mol. The lowest BCUT2D eigenvalue weighted by Gasteiger charge is -2.33. The minimum Gasteiger partial charge on any atom is -0.379 e. The Labute approximate surface area is 193 Å². The summed E-state index contributed by atoms with van der Waals surface area (Å²) in [5.41, 5.74) is 8.51. The molecule has 1 aliphatic heterocycles. The Hall–Kier alpha value is -1.06. The van der Waals surface area contributed by atoms with E-state index in [1.165, 1.54) is 43.4 Å². The zero-order valence-corrected chi connectivity index (χ0v) is 20.1. The number of nitrogens with two attached hydrogens (primary N) is 1. The molecule has 0 aromatic heterocycles. The summed E-state index contributed by atoms with van der Waals surface area (Å²) in [6.07, 6.45) is 7.82. The highest BCUT2D eigenvalue weighted by Gasteiger charge is 2.18. The van der Waals surface area contributed by atoms with Crippen LogP contribution < -0.4 is 16.0 Å². The van der Waals surface area contributed by atoms with Gasteiger partial charge in [0.1, 0.15) is 0 Å². The molecule has 2 fully saturated rings. The molecule has 1 saturated heterocycles. The fourth-order valence-corrected chi connectivity index (χ4v) is 4.09. The Morgan fingerprint density at radius 2 is 1.86 bits per heavy atom. The van der Waals surface area contributed by atoms with Crippen LogP contribution in [0.15, 0.2) is 29.3 Å². The van der Waals surface area contributed by atoms with E-state index in [1.54, 1.807) is 0 Å². The summed E-state index contributed by atoms with van der Waals surface area (Å²) in [6.45, 7) is 6.34. The van der Waals surface area contributed by atoms with E-state index >= 15 is 0 Å². The van der Waals surface area contributed by atoms with Gasteiger partial charge in [0.05, 0.1) is 19.8 Å². The van der Waals surface area contributed by atoms with Crippen LogP contribution in [0.25, 0.3) is 0 Å². The van der Waals surface area contributed by atoms with Gasteiger partial charge >= 0.3 is 0 Å². The quantitative estimate of drug-likeness (QED) is 0.241. The second-order valence-corrected chi connectivity index (χ2v) is 8.00. The Morgan fingerprint density at radius 3 is 2.55 bits per heavy atom. The first-order valence-electron chi connectivity index (χ1n) is 10.9. The number of anilines is 1. The number of nitrogens with zero attached hydrogens (tertiary/aromatic N) is 3. The van der Waals surface area contributed by atoms with Gasteiger partial charge in [-0.1, -0.05) is 31.4 Å². The number of hydrogen-bond acceptors (Lipinski definition) is 4. The van der Waals surface area contributed by atoms with Crippen LogP contribution in [0.5, 0.6) is 0 Å². The van der Waals surface area contributed by atoms with E-state index in [2.05, 4.69) is 51.4 Å². The molecule has 0 amide bonds. The topological polar surface area (TPSA) is 66.1 Å². The van der Waals surface area contributed by atoms with Crippen LogP contribution in [-0.4, -0.2) is 63.3 Å². The van der Waals surface area contributed by atoms with Crippen molar-refractivity contribution in [1.82, 2.24) is 10.2 Å². The van der Waals surface area contributed by atoms with Crippen molar-refractivity contribution in [3.63, 3.8) is 0 Å². The lowest BCUT2D eigenvalue weighted by Crippen LogP contribution is -2.39. The molecule has 1 saturated carbocycles. The Morgan fingerprint density at radius 1 is 1.17 bits per heavy atom. The normalized spacial score (nSPS) is 18.9. The summed E-state index contributed by atoms with van der Waals surface area (Å²) in [5.74, 6) is 0.533. The van der Waals surface area contributed by atoms with Crippen LogP contribution in [0.1, 0.15) is 44.1 Å². The van der Waals surface area contributed by atoms with E-state index in [4.69, 9.17) is 10.5 Å². The van der Waals surface area contributed by atoms with Gasteiger partial charge in [-0.3, -0.25) is 4.90 Å². The largest absolute Gasteiger partial charge is 0.379 e. The van der Waals surface area contributed by atoms with Gasteiger partial charge in [0, 0.05) is 38.4 Å². The SMILES string of the molecule is CN(c1ccc(CN=C(N)NCCCN2CCOCC2)cc1)C1CCCCC1.I. The van der Waals surface area contributed by atoms with Crippen molar-refractivity contribution in [2.75, 3.05) is 51.3 Å². The van der Waals surface area contributed by atoms with Crippen molar-refractivity contribution in [2.24, 2.45) is 10.7 Å². The van der Waals surface area contributed by atoms with Gasteiger partial charge in [-0.2, -0.15) is 0 Å². The summed E-state index contributed by atoms with van der Waals surface area (Å²) in [7, 11) is 2.22. The highest BCUT2D eigenvalue weighted by atomic mass is 127. The molecule has 3 rings (SSSR count). The number of morpholine rings is 1. The molecule has 0 radical (unpaired) electrons. The van der Waals surface area contributed by atoms with Crippen LogP contribution in [0.3, 0.4) is 0 Å². The average Bonchev–Trinajstić information content (AvgIpc) is 2.76. The molecule has 1 aromatic carbocycles. The van der Waals surface area contributed by atoms with Crippen molar-refractivity contribution in [1.29, 1.82) is 0 Å². The Kier molecular flexibility index (Phi) is 11.1. The third-order valence-corrected chi connectivity index (χ3v) is 5.96. The van der Waals surface area contributed by atoms with Crippen molar-refractivity contribution < 1.29 is 4.74 Å². The van der Waals surface area contributed by atoms with Gasteiger partial charge in [-0.05, 0) is 43.5 Å². The van der Waals surface area contributed by atoms with E-state index in [1.807, 2.05) is 0 Å². The van der Waals surface area contributed by atoms with Crippen molar-refractivity contribution in [3.05, 3.63) is 29.8 Å². The van der Waals surface area contributed by atoms with Gasteiger partial charge in [0.15, 0.2) is 5.96 Å². The van der Waals surface area contributed by atoms with E-state index in [0.717, 1.165) is 45.8 Å². The van der Waals surface area contributed by atoms with E-state index in [-0.39, 0.29) is 24.0 Å². The lowest BCUT2D eigenvalue weighted by molar-refractivity contribution is 0.0376. The molecule has 1 aliphatic carbocycles. The predicted octanol–water partition coefficient (Wildman–Crippen LogP) is 3.20. The van der Waals surface area contributed by atoms with Gasteiger partial charge in [-0.15, -0.1) is 24.0 Å². The number of benzene rings is 1. The highest BCUT2D eigenvalue weighted by molar-refractivity contribution is 14.0. The molecule has 0 unspecified atom stereocenters. The molecule has 1 aromatic rings. The maximum absolute atomic E-state index is 6.01. The zero-order valence-electron chi connectivity index (χ0n) is 17.8. The van der Waals surface area contributed by atoms with E-state index in [9.17, 15) is 0 Å². The molecule has 7 heteroatoms. The standard InChI is InChI=1S/C22H37N5O.HI/c1-26(20-6-3-2-4-7-20)21-10-8-19(9-11-21)18-25-22(23)24-12-5-13-27-14-16-28-17-15-27;/h8-11,20H,2-7,12-18H2,1H3,(H3,23,24,25);1H. The fraction of sp³-hybridized carbons (Fsp3) is 0.682. The van der Waals surface area contributed by atoms with Crippen LogP contribution in [0.4, 0.5) is 5.69 Å². The van der Waals surface area contributed by atoms with Crippen molar-refractivity contribution >= 4 is 35.6 Å². The molecule has 3 N–H and O–H groups in total. The predicted molar refractivity (Wildman–Crippen MR) is 132 cm³/mol.